The van der Waals surface area contributed by atoms with Crippen LogP contribution < -0.4 is 0 Å². The summed E-state index contributed by atoms with van der Waals surface area (Å²) in [6.07, 6.45) is 1.91. The third-order valence-electron chi connectivity index (χ3n) is 3.43. The van der Waals surface area contributed by atoms with Crippen LogP contribution in [0.15, 0.2) is 12.7 Å². The molecular weight excluding hydrogens is 246 g/mol. The highest BCUT2D eigenvalue weighted by Crippen LogP contribution is 2.28. The lowest BCUT2D eigenvalue weighted by molar-refractivity contribution is -0.161. The molecule has 0 amide bonds. The molecule has 108 valence electrons. The van der Waals surface area contributed by atoms with Crippen molar-refractivity contribution >= 4 is 11.8 Å². The predicted molar refractivity (Wildman–Crippen MR) is 71.8 cm³/mol. The molecule has 0 aromatic rings. The minimum atomic E-state index is -1.13. The predicted octanol–water partition coefficient (Wildman–Crippen LogP) is 1.03. The number of morpholine rings is 1. The number of allylic oxidation sites excluding steroid dienone is 1. The van der Waals surface area contributed by atoms with Gasteiger partial charge in [0.2, 0.25) is 0 Å². The van der Waals surface area contributed by atoms with Crippen LogP contribution in [0.3, 0.4) is 0 Å². The molecule has 1 heterocycles. The number of hydrogen-bond acceptors (Lipinski definition) is 5. The van der Waals surface area contributed by atoms with E-state index in [4.69, 9.17) is 9.47 Å². The van der Waals surface area contributed by atoms with Gasteiger partial charge in [-0.25, -0.2) is 0 Å². The number of carbonyl (C=O) groups is 2. The highest BCUT2D eigenvalue weighted by atomic mass is 16.5. The lowest BCUT2D eigenvalue weighted by Gasteiger charge is -2.35. The van der Waals surface area contributed by atoms with Crippen molar-refractivity contribution in [1.82, 2.24) is 4.90 Å². The first kappa shape index (κ1) is 15.9. The van der Waals surface area contributed by atoms with Crippen LogP contribution in [0.5, 0.6) is 0 Å². The van der Waals surface area contributed by atoms with Gasteiger partial charge in [-0.05, 0) is 20.3 Å². The van der Waals surface area contributed by atoms with E-state index in [1.165, 1.54) is 6.92 Å². The average Bonchev–Trinajstić information content (AvgIpc) is 2.39. The Hall–Kier alpha value is -1.20. The summed E-state index contributed by atoms with van der Waals surface area (Å²) < 4.78 is 10.4. The molecule has 5 heteroatoms. The summed E-state index contributed by atoms with van der Waals surface area (Å²) in [7, 11) is 0. The molecular formula is C14H23NO4. The zero-order valence-corrected chi connectivity index (χ0v) is 11.8. The fourth-order valence-corrected chi connectivity index (χ4v) is 2.27. The Morgan fingerprint density at radius 3 is 2.53 bits per heavy atom. The van der Waals surface area contributed by atoms with E-state index in [0.717, 1.165) is 13.1 Å². The Kier molecular flexibility index (Phi) is 6.18. The van der Waals surface area contributed by atoms with Gasteiger partial charge >= 0.3 is 5.97 Å². The average molecular weight is 269 g/mol. The van der Waals surface area contributed by atoms with Crippen LogP contribution in [0.2, 0.25) is 0 Å². The Balaban J connectivity index is 2.90. The van der Waals surface area contributed by atoms with Crippen molar-refractivity contribution in [2.45, 2.75) is 20.3 Å². The maximum absolute atomic E-state index is 12.2. The molecule has 0 spiro atoms. The monoisotopic (exact) mass is 269 g/mol. The number of rotatable bonds is 7. The van der Waals surface area contributed by atoms with Gasteiger partial charge in [-0.1, -0.05) is 6.08 Å². The van der Waals surface area contributed by atoms with E-state index in [2.05, 4.69) is 11.5 Å². The summed E-state index contributed by atoms with van der Waals surface area (Å²) in [5.74, 6) is -0.619. The van der Waals surface area contributed by atoms with E-state index in [1.54, 1.807) is 13.0 Å². The van der Waals surface area contributed by atoms with Crippen molar-refractivity contribution in [3.8, 4) is 0 Å². The van der Waals surface area contributed by atoms with Crippen LogP contribution in [-0.2, 0) is 19.1 Å². The molecule has 0 aliphatic carbocycles. The Morgan fingerprint density at radius 1 is 1.42 bits per heavy atom. The second kappa shape index (κ2) is 7.40. The molecule has 0 N–H and O–H groups in total. The van der Waals surface area contributed by atoms with Gasteiger partial charge in [-0.3, -0.25) is 14.5 Å². The van der Waals surface area contributed by atoms with Gasteiger partial charge < -0.3 is 9.47 Å². The maximum Gasteiger partial charge on any atom is 0.321 e. The highest BCUT2D eigenvalue weighted by Gasteiger charge is 2.45. The molecule has 0 aromatic heterocycles. The minimum Gasteiger partial charge on any atom is -0.465 e. The summed E-state index contributed by atoms with van der Waals surface area (Å²) in [5.41, 5.74) is -1.13. The molecule has 1 fully saturated rings. The van der Waals surface area contributed by atoms with E-state index < -0.39 is 11.4 Å². The fourth-order valence-electron chi connectivity index (χ4n) is 2.27. The molecule has 1 unspecified atom stereocenters. The number of nitrogens with zero attached hydrogens (tertiary/aromatic N) is 1. The molecule has 1 rings (SSSR count). The first-order valence-electron chi connectivity index (χ1n) is 6.66. The molecule has 1 aliphatic rings. The lowest BCUT2D eigenvalue weighted by Crippen LogP contribution is -2.51. The Bertz CT molecular complexity index is 336. The topological polar surface area (TPSA) is 55.8 Å². The normalized spacial score (nSPS) is 19.5. The van der Waals surface area contributed by atoms with Crippen LogP contribution in [-0.4, -0.2) is 56.1 Å². The fraction of sp³-hybridized carbons (Fsp3) is 0.714. The Morgan fingerprint density at radius 2 is 2.05 bits per heavy atom. The minimum absolute atomic E-state index is 0.169. The lowest BCUT2D eigenvalue weighted by atomic mass is 9.80. The quantitative estimate of drug-likeness (QED) is 0.392. The van der Waals surface area contributed by atoms with E-state index >= 15 is 0 Å². The van der Waals surface area contributed by atoms with Crippen LogP contribution in [0.25, 0.3) is 0 Å². The van der Waals surface area contributed by atoms with Crippen LogP contribution in [0.4, 0.5) is 0 Å². The number of ether oxygens (including phenoxy) is 2. The summed E-state index contributed by atoms with van der Waals surface area (Å²) in [5, 5.41) is 0. The summed E-state index contributed by atoms with van der Waals surface area (Å²) in [6.45, 7) is 10.2. The van der Waals surface area contributed by atoms with Crippen molar-refractivity contribution in [3.05, 3.63) is 12.7 Å². The second-order valence-electron chi connectivity index (χ2n) is 4.74. The third-order valence-corrected chi connectivity index (χ3v) is 3.43. The molecule has 1 saturated heterocycles. The van der Waals surface area contributed by atoms with Gasteiger partial charge in [0.15, 0.2) is 0 Å². The van der Waals surface area contributed by atoms with E-state index in [-0.39, 0.29) is 12.4 Å². The molecule has 0 aromatic carbocycles. The van der Waals surface area contributed by atoms with Gasteiger partial charge in [0.25, 0.3) is 0 Å². The van der Waals surface area contributed by atoms with Crippen molar-refractivity contribution < 1.29 is 19.1 Å². The second-order valence-corrected chi connectivity index (χ2v) is 4.74. The van der Waals surface area contributed by atoms with Crippen molar-refractivity contribution in [2.24, 2.45) is 5.41 Å². The van der Waals surface area contributed by atoms with Crippen LogP contribution >= 0.6 is 0 Å². The van der Waals surface area contributed by atoms with Gasteiger partial charge in [0.05, 0.1) is 19.8 Å². The van der Waals surface area contributed by atoms with E-state index in [0.29, 0.717) is 26.2 Å². The number of Topliss-reactive ketones (excluding diaryl/α,β-unsaturated/α-hetero) is 1. The van der Waals surface area contributed by atoms with Gasteiger partial charge in [0.1, 0.15) is 11.2 Å². The number of carbonyl (C=O) groups excluding carboxylic acids is 2. The largest absolute Gasteiger partial charge is 0.465 e. The van der Waals surface area contributed by atoms with E-state index in [1.807, 2.05) is 0 Å². The summed E-state index contributed by atoms with van der Waals surface area (Å²) >= 11 is 0. The van der Waals surface area contributed by atoms with Crippen molar-refractivity contribution in [2.75, 3.05) is 39.5 Å². The first-order valence-corrected chi connectivity index (χ1v) is 6.66. The van der Waals surface area contributed by atoms with Crippen LogP contribution in [0.1, 0.15) is 20.3 Å². The Labute approximate surface area is 114 Å². The number of ketones is 1. The summed E-state index contributed by atoms with van der Waals surface area (Å²) in [4.78, 5) is 26.3. The molecule has 0 radical (unpaired) electrons. The molecule has 1 atom stereocenters. The smallest absolute Gasteiger partial charge is 0.321 e. The van der Waals surface area contributed by atoms with E-state index in [9.17, 15) is 9.59 Å². The summed E-state index contributed by atoms with van der Waals surface area (Å²) in [6, 6.07) is 0. The van der Waals surface area contributed by atoms with Gasteiger partial charge in [-0.15, -0.1) is 6.58 Å². The molecule has 0 bridgehead atoms. The zero-order valence-electron chi connectivity index (χ0n) is 11.8. The molecule has 1 aliphatic heterocycles. The first-order chi connectivity index (χ1) is 9.06. The zero-order chi connectivity index (χ0) is 14.3. The molecule has 19 heavy (non-hydrogen) atoms. The molecule has 5 nitrogen and oxygen atoms in total. The van der Waals surface area contributed by atoms with Crippen LogP contribution in [0, 0.1) is 5.41 Å². The SMILES string of the molecule is C=CCC(CN1CCOCC1)(C(C)=O)C(=O)OCC. The number of esters is 1. The third kappa shape index (κ3) is 3.88. The molecule has 0 saturated carbocycles. The maximum atomic E-state index is 12.2. The highest BCUT2D eigenvalue weighted by molar-refractivity contribution is 6.03. The van der Waals surface area contributed by atoms with Gasteiger partial charge in [-0.2, -0.15) is 0 Å². The van der Waals surface area contributed by atoms with Gasteiger partial charge in [0, 0.05) is 19.6 Å². The number of hydrogen-bond donors (Lipinski definition) is 0. The van der Waals surface area contributed by atoms with Crippen molar-refractivity contribution in [3.63, 3.8) is 0 Å². The standard InChI is InChI=1S/C14H23NO4/c1-4-6-14(12(3)16,13(17)19-5-2)11-15-7-9-18-10-8-15/h4H,1,5-11H2,2-3H3. The van der Waals surface area contributed by atoms with Crippen molar-refractivity contribution in [1.29, 1.82) is 0 Å².